The first-order valence-corrected chi connectivity index (χ1v) is 6.62. The van der Waals surface area contributed by atoms with Crippen LogP contribution in [0.3, 0.4) is 0 Å². The quantitative estimate of drug-likeness (QED) is 0.846. The molecule has 1 saturated carbocycles. The molecule has 102 valence electrons. The third-order valence-corrected chi connectivity index (χ3v) is 4.06. The van der Waals surface area contributed by atoms with Crippen molar-refractivity contribution in [2.75, 3.05) is 6.79 Å². The van der Waals surface area contributed by atoms with E-state index >= 15 is 0 Å². The molecule has 19 heavy (non-hydrogen) atoms. The average Bonchev–Trinajstić information content (AvgIpc) is 2.81. The third kappa shape index (κ3) is 2.12. The highest BCUT2D eigenvalue weighted by atomic mass is 35.5. The van der Waals surface area contributed by atoms with E-state index in [1.807, 2.05) is 0 Å². The van der Waals surface area contributed by atoms with Crippen LogP contribution in [0.1, 0.15) is 37.2 Å². The van der Waals surface area contributed by atoms with Gasteiger partial charge in [0, 0.05) is 12.1 Å². The molecule has 1 aliphatic heterocycles. The molecule has 6 heteroatoms. The summed E-state index contributed by atoms with van der Waals surface area (Å²) in [6.07, 6.45) is 2.09. The number of pyridine rings is 1. The Morgan fingerprint density at radius 3 is 2.95 bits per heavy atom. The number of nitrogens with one attached hydrogen (secondary N) is 1. The number of rotatable bonds is 2. The summed E-state index contributed by atoms with van der Waals surface area (Å²) in [6.45, 7) is 4.36. The monoisotopic (exact) mass is 282 g/mol. The molecule has 0 saturated heterocycles. The van der Waals surface area contributed by atoms with Gasteiger partial charge in [0.25, 0.3) is 5.91 Å². The molecule has 2 heterocycles. The van der Waals surface area contributed by atoms with Crippen molar-refractivity contribution in [1.29, 1.82) is 0 Å². The molecule has 1 aliphatic carbocycles. The zero-order valence-corrected chi connectivity index (χ0v) is 11.6. The van der Waals surface area contributed by atoms with E-state index in [9.17, 15) is 4.79 Å². The summed E-state index contributed by atoms with van der Waals surface area (Å²) in [4.78, 5) is 16.3. The lowest BCUT2D eigenvalue weighted by Crippen LogP contribution is -2.52. The SMILES string of the molecule is CC1(C)CCC1NC(=O)c1nc(Cl)cc2c1OCO2. The Morgan fingerprint density at radius 2 is 2.32 bits per heavy atom. The maximum atomic E-state index is 12.3. The molecule has 1 amide bonds. The van der Waals surface area contributed by atoms with E-state index in [0.29, 0.717) is 11.5 Å². The van der Waals surface area contributed by atoms with E-state index in [1.165, 1.54) is 0 Å². The fraction of sp³-hybridized carbons (Fsp3) is 0.538. The highest BCUT2D eigenvalue weighted by molar-refractivity contribution is 6.29. The predicted molar refractivity (Wildman–Crippen MR) is 69.6 cm³/mol. The molecule has 1 fully saturated rings. The van der Waals surface area contributed by atoms with Crippen molar-refractivity contribution in [3.63, 3.8) is 0 Å². The second-order valence-corrected chi connectivity index (χ2v) is 5.97. The average molecular weight is 283 g/mol. The summed E-state index contributed by atoms with van der Waals surface area (Å²) in [7, 11) is 0. The van der Waals surface area contributed by atoms with Gasteiger partial charge in [-0.05, 0) is 18.3 Å². The van der Waals surface area contributed by atoms with Crippen LogP contribution >= 0.6 is 11.6 Å². The molecule has 5 nitrogen and oxygen atoms in total. The Kier molecular flexibility index (Phi) is 2.82. The van der Waals surface area contributed by atoms with Gasteiger partial charge in [-0.1, -0.05) is 25.4 Å². The van der Waals surface area contributed by atoms with Crippen molar-refractivity contribution in [3.05, 3.63) is 16.9 Å². The number of ether oxygens (including phenoxy) is 2. The summed E-state index contributed by atoms with van der Waals surface area (Å²) < 4.78 is 10.5. The van der Waals surface area contributed by atoms with Gasteiger partial charge in [-0.15, -0.1) is 0 Å². The number of carbonyl (C=O) groups excluding carboxylic acids is 1. The molecule has 1 N–H and O–H groups in total. The number of halogens is 1. The highest BCUT2D eigenvalue weighted by Gasteiger charge is 2.40. The minimum absolute atomic E-state index is 0.0898. The lowest BCUT2D eigenvalue weighted by molar-refractivity contribution is 0.0724. The Labute approximate surface area is 116 Å². The zero-order chi connectivity index (χ0) is 13.6. The molecule has 1 aromatic heterocycles. The first-order valence-electron chi connectivity index (χ1n) is 6.24. The van der Waals surface area contributed by atoms with Crippen LogP contribution in [0, 0.1) is 5.41 Å². The van der Waals surface area contributed by atoms with E-state index < -0.39 is 0 Å². The number of hydrogen-bond donors (Lipinski definition) is 1. The number of hydrogen-bond acceptors (Lipinski definition) is 4. The van der Waals surface area contributed by atoms with Crippen LogP contribution in [-0.4, -0.2) is 23.7 Å². The molecule has 0 radical (unpaired) electrons. The minimum atomic E-state index is -0.262. The smallest absolute Gasteiger partial charge is 0.274 e. The Balaban J connectivity index is 1.84. The van der Waals surface area contributed by atoms with Gasteiger partial charge >= 0.3 is 0 Å². The van der Waals surface area contributed by atoms with Gasteiger partial charge in [-0.25, -0.2) is 4.98 Å². The largest absolute Gasteiger partial charge is 0.453 e. The molecule has 2 aliphatic rings. The number of carbonyl (C=O) groups is 1. The maximum absolute atomic E-state index is 12.3. The molecule has 0 aromatic carbocycles. The molecule has 0 spiro atoms. The van der Waals surface area contributed by atoms with E-state index in [1.54, 1.807) is 6.07 Å². The highest BCUT2D eigenvalue weighted by Crippen LogP contribution is 2.41. The fourth-order valence-corrected chi connectivity index (χ4v) is 2.58. The van der Waals surface area contributed by atoms with Gasteiger partial charge in [-0.3, -0.25) is 4.79 Å². The summed E-state index contributed by atoms with van der Waals surface area (Å²) in [6, 6.07) is 1.72. The molecule has 3 rings (SSSR count). The van der Waals surface area contributed by atoms with Crippen LogP contribution in [0.2, 0.25) is 5.15 Å². The Morgan fingerprint density at radius 1 is 1.53 bits per heavy atom. The molecule has 1 unspecified atom stereocenters. The van der Waals surface area contributed by atoms with Crippen molar-refractivity contribution in [2.45, 2.75) is 32.7 Å². The first kappa shape index (κ1) is 12.5. The van der Waals surface area contributed by atoms with E-state index in [0.717, 1.165) is 12.8 Å². The Hall–Kier alpha value is -1.49. The van der Waals surface area contributed by atoms with Gasteiger partial charge in [0.15, 0.2) is 17.2 Å². The summed E-state index contributed by atoms with van der Waals surface area (Å²) in [5.41, 5.74) is 0.331. The van der Waals surface area contributed by atoms with Crippen LogP contribution in [0.15, 0.2) is 6.07 Å². The first-order chi connectivity index (χ1) is 8.97. The number of amides is 1. The van der Waals surface area contributed by atoms with Crippen molar-refractivity contribution < 1.29 is 14.3 Å². The number of nitrogens with zero attached hydrogens (tertiary/aromatic N) is 1. The van der Waals surface area contributed by atoms with E-state index in [-0.39, 0.29) is 35.0 Å². The third-order valence-electron chi connectivity index (χ3n) is 3.87. The maximum Gasteiger partial charge on any atom is 0.274 e. The van der Waals surface area contributed by atoms with Gasteiger partial charge in [0.2, 0.25) is 6.79 Å². The van der Waals surface area contributed by atoms with Crippen LogP contribution in [-0.2, 0) is 0 Å². The lowest BCUT2D eigenvalue weighted by atomic mass is 9.67. The summed E-state index contributed by atoms with van der Waals surface area (Å²) in [5, 5.41) is 3.21. The summed E-state index contributed by atoms with van der Waals surface area (Å²) in [5.74, 6) is 0.582. The van der Waals surface area contributed by atoms with Gasteiger partial charge in [-0.2, -0.15) is 0 Å². The van der Waals surface area contributed by atoms with Crippen LogP contribution in [0.4, 0.5) is 0 Å². The minimum Gasteiger partial charge on any atom is -0.453 e. The molecular formula is C13H15ClN2O3. The van der Waals surface area contributed by atoms with Crippen LogP contribution < -0.4 is 14.8 Å². The lowest BCUT2D eigenvalue weighted by Gasteiger charge is -2.44. The van der Waals surface area contributed by atoms with Crippen molar-refractivity contribution in [2.24, 2.45) is 5.41 Å². The second kappa shape index (κ2) is 4.27. The topological polar surface area (TPSA) is 60.5 Å². The normalized spacial score (nSPS) is 22.8. The zero-order valence-electron chi connectivity index (χ0n) is 10.8. The van der Waals surface area contributed by atoms with Gasteiger partial charge in [0.05, 0.1) is 0 Å². The second-order valence-electron chi connectivity index (χ2n) is 5.58. The van der Waals surface area contributed by atoms with Gasteiger partial charge in [0.1, 0.15) is 5.15 Å². The van der Waals surface area contributed by atoms with E-state index in [2.05, 4.69) is 24.1 Å². The van der Waals surface area contributed by atoms with Crippen LogP contribution in [0.5, 0.6) is 11.5 Å². The standard InChI is InChI=1S/C13H15ClN2O3/c1-13(2)4-3-8(13)15-12(17)10-11-7(18-6-19-11)5-9(14)16-10/h5,8H,3-4,6H2,1-2H3,(H,15,17). The van der Waals surface area contributed by atoms with Gasteiger partial charge < -0.3 is 14.8 Å². The van der Waals surface area contributed by atoms with Crippen molar-refractivity contribution >= 4 is 17.5 Å². The molecule has 1 aromatic rings. The number of fused-ring (bicyclic) bond motifs is 1. The molecule has 0 bridgehead atoms. The fourth-order valence-electron chi connectivity index (χ4n) is 2.39. The predicted octanol–water partition coefficient (Wildman–Crippen LogP) is 2.38. The van der Waals surface area contributed by atoms with Crippen molar-refractivity contribution in [1.82, 2.24) is 10.3 Å². The number of aromatic nitrogens is 1. The summed E-state index contributed by atoms with van der Waals surface area (Å²) >= 11 is 5.89. The van der Waals surface area contributed by atoms with E-state index in [4.69, 9.17) is 21.1 Å². The van der Waals surface area contributed by atoms with Crippen molar-refractivity contribution in [3.8, 4) is 11.5 Å². The van der Waals surface area contributed by atoms with Crippen LogP contribution in [0.25, 0.3) is 0 Å². The molecular weight excluding hydrogens is 268 g/mol. The Bertz CT molecular complexity index is 545. The molecule has 1 atom stereocenters.